The highest BCUT2D eigenvalue weighted by Gasteiger charge is 2.54. The molecule has 0 unspecified atom stereocenters. The van der Waals surface area contributed by atoms with Gasteiger partial charge < -0.3 is 9.64 Å². The second kappa shape index (κ2) is 12.1. The number of piperidine rings is 1. The Morgan fingerprint density at radius 2 is 1.83 bits per heavy atom. The SMILES string of the molecule is COC(=O)C[C@@]1(C)C[C@H](c2cccc(Cl)c2)[C@@H](c2ccc(Cl)cc2)N([C@H](CNS(=O)(=O)c2cccs2)C2CC2)C1=O. The van der Waals surface area contributed by atoms with Crippen LogP contribution in [-0.4, -0.2) is 44.9 Å². The summed E-state index contributed by atoms with van der Waals surface area (Å²) in [7, 11) is -2.45. The van der Waals surface area contributed by atoms with Gasteiger partial charge >= 0.3 is 5.97 Å². The number of nitrogens with zero attached hydrogens (tertiary/aromatic N) is 1. The van der Waals surface area contributed by atoms with E-state index >= 15 is 0 Å². The van der Waals surface area contributed by atoms with E-state index in [1.54, 1.807) is 42.6 Å². The normalized spacial score (nSPS) is 23.8. The highest BCUT2D eigenvalue weighted by molar-refractivity contribution is 7.91. The van der Waals surface area contributed by atoms with Gasteiger partial charge in [-0.1, -0.05) is 60.5 Å². The fraction of sp³-hybridized carbons (Fsp3) is 0.400. The van der Waals surface area contributed by atoms with Crippen LogP contribution in [0.15, 0.2) is 70.3 Å². The van der Waals surface area contributed by atoms with Crippen molar-refractivity contribution >= 4 is 56.4 Å². The molecule has 0 bridgehead atoms. The molecule has 1 saturated carbocycles. The molecule has 1 N–H and O–H groups in total. The molecule has 41 heavy (non-hydrogen) atoms. The number of halogens is 2. The van der Waals surface area contributed by atoms with E-state index in [0.29, 0.717) is 16.5 Å². The number of carbonyl (C=O) groups excluding carboxylic acids is 2. The topological polar surface area (TPSA) is 92.8 Å². The van der Waals surface area contributed by atoms with Gasteiger partial charge in [0.15, 0.2) is 0 Å². The van der Waals surface area contributed by atoms with E-state index in [4.69, 9.17) is 27.9 Å². The van der Waals surface area contributed by atoms with Gasteiger partial charge in [0, 0.05) is 28.5 Å². The van der Waals surface area contributed by atoms with Gasteiger partial charge in [0.1, 0.15) is 4.21 Å². The van der Waals surface area contributed by atoms with E-state index in [2.05, 4.69) is 4.72 Å². The highest BCUT2D eigenvalue weighted by atomic mass is 35.5. The van der Waals surface area contributed by atoms with Crippen LogP contribution in [0.1, 0.15) is 55.7 Å². The van der Waals surface area contributed by atoms with Crippen molar-refractivity contribution in [2.45, 2.75) is 54.8 Å². The monoisotopic (exact) mass is 634 g/mol. The molecular formula is C30H32Cl2N2O5S2. The maximum atomic E-state index is 14.6. The zero-order valence-corrected chi connectivity index (χ0v) is 25.9. The Hall–Kier alpha value is -2.43. The Kier molecular flexibility index (Phi) is 8.83. The van der Waals surface area contributed by atoms with Crippen LogP contribution in [0.3, 0.4) is 0 Å². The summed E-state index contributed by atoms with van der Waals surface area (Å²) in [5.41, 5.74) is 0.724. The van der Waals surface area contributed by atoms with Crippen LogP contribution in [0.25, 0.3) is 0 Å². The van der Waals surface area contributed by atoms with Crippen molar-refractivity contribution in [3.8, 4) is 0 Å². The van der Waals surface area contributed by atoms with Gasteiger partial charge in [-0.15, -0.1) is 11.3 Å². The summed E-state index contributed by atoms with van der Waals surface area (Å²) in [6, 6.07) is 17.3. The van der Waals surface area contributed by atoms with Crippen molar-refractivity contribution in [1.29, 1.82) is 0 Å². The number of benzene rings is 2. The van der Waals surface area contributed by atoms with Crippen LogP contribution in [0.5, 0.6) is 0 Å². The molecule has 218 valence electrons. The molecule has 2 aromatic carbocycles. The van der Waals surface area contributed by atoms with E-state index in [1.165, 1.54) is 7.11 Å². The summed E-state index contributed by atoms with van der Waals surface area (Å²) in [4.78, 5) is 29.1. The van der Waals surface area contributed by atoms with E-state index in [0.717, 1.165) is 35.3 Å². The number of ether oxygens (including phenoxy) is 1. The largest absolute Gasteiger partial charge is 0.469 e. The van der Waals surface area contributed by atoms with E-state index in [9.17, 15) is 18.0 Å². The number of hydrogen-bond donors (Lipinski definition) is 1. The van der Waals surface area contributed by atoms with E-state index < -0.39 is 33.5 Å². The van der Waals surface area contributed by atoms with Crippen LogP contribution >= 0.6 is 34.5 Å². The van der Waals surface area contributed by atoms with Crippen LogP contribution < -0.4 is 4.72 Å². The van der Waals surface area contributed by atoms with Crippen molar-refractivity contribution in [3.05, 3.63) is 87.2 Å². The third-order valence-electron chi connectivity index (χ3n) is 8.12. The molecule has 2 fully saturated rings. The number of amides is 1. The second-order valence-corrected chi connectivity index (χ2v) is 14.9. The average molecular weight is 636 g/mol. The first-order valence-corrected chi connectivity index (χ1v) is 16.6. The molecule has 1 saturated heterocycles. The van der Waals surface area contributed by atoms with Crippen molar-refractivity contribution in [2.24, 2.45) is 11.3 Å². The van der Waals surface area contributed by atoms with Crippen molar-refractivity contribution in [2.75, 3.05) is 13.7 Å². The summed E-state index contributed by atoms with van der Waals surface area (Å²) in [6.45, 7) is 1.85. The lowest BCUT2D eigenvalue weighted by atomic mass is 9.67. The fourth-order valence-electron chi connectivity index (χ4n) is 5.96. The first-order valence-electron chi connectivity index (χ1n) is 13.5. The summed E-state index contributed by atoms with van der Waals surface area (Å²) in [5, 5.41) is 2.85. The van der Waals surface area contributed by atoms with Gasteiger partial charge in [0.25, 0.3) is 0 Å². The molecule has 2 aliphatic rings. The highest BCUT2D eigenvalue weighted by Crippen LogP contribution is 2.54. The number of carbonyl (C=O) groups is 2. The van der Waals surface area contributed by atoms with Gasteiger partial charge in [-0.3, -0.25) is 9.59 Å². The van der Waals surface area contributed by atoms with Crippen molar-refractivity contribution < 1.29 is 22.7 Å². The molecule has 5 rings (SSSR count). The maximum absolute atomic E-state index is 14.6. The zero-order valence-electron chi connectivity index (χ0n) is 22.8. The lowest BCUT2D eigenvalue weighted by Gasteiger charge is -2.52. The second-order valence-electron chi connectivity index (χ2n) is 11.1. The lowest BCUT2D eigenvalue weighted by Crippen LogP contribution is -2.59. The third-order valence-corrected chi connectivity index (χ3v) is 11.4. The lowest BCUT2D eigenvalue weighted by molar-refractivity contribution is -0.162. The van der Waals surface area contributed by atoms with Crippen molar-refractivity contribution in [1.82, 2.24) is 9.62 Å². The van der Waals surface area contributed by atoms with Gasteiger partial charge in [-0.25, -0.2) is 13.1 Å². The summed E-state index contributed by atoms with van der Waals surface area (Å²) < 4.78 is 34.3. The Bertz CT molecular complexity index is 1510. The number of esters is 1. The predicted octanol–water partition coefficient (Wildman–Crippen LogP) is 6.44. The van der Waals surface area contributed by atoms with Crippen LogP contribution in [0, 0.1) is 11.3 Å². The summed E-state index contributed by atoms with van der Waals surface area (Å²) in [5.74, 6) is -0.803. The maximum Gasteiger partial charge on any atom is 0.306 e. The average Bonchev–Trinajstić information content (AvgIpc) is 3.62. The standard InChI is InChI=1S/C30H32Cl2N2O5S2/c1-30(17-26(35)39-2)16-24(21-5-3-6-23(32)15-21)28(20-10-12-22(31)13-11-20)34(29(30)36)25(19-8-9-19)18-33-41(37,38)27-7-4-14-40-27/h3-7,10-15,19,24-25,28,33H,8-9,16-18H2,1-2H3/t24-,25-,28-,30-/m1/s1. The Labute approximate surface area is 254 Å². The summed E-state index contributed by atoms with van der Waals surface area (Å²) in [6.07, 6.45) is 2.03. The molecule has 7 nitrogen and oxygen atoms in total. The van der Waals surface area contributed by atoms with Crippen LogP contribution in [0.4, 0.5) is 0 Å². The molecule has 2 heterocycles. The third kappa shape index (κ3) is 6.49. The molecule has 1 amide bonds. The molecule has 11 heteroatoms. The molecule has 0 spiro atoms. The fourth-order valence-corrected chi connectivity index (χ4v) is 8.37. The molecule has 0 radical (unpaired) electrons. The molecule has 4 atom stereocenters. The minimum Gasteiger partial charge on any atom is -0.469 e. The number of likely N-dealkylation sites (tertiary alicyclic amines) is 1. The van der Waals surface area contributed by atoms with Crippen LogP contribution in [0.2, 0.25) is 10.0 Å². The Balaban J connectivity index is 1.63. The number of sulfonamides is 1. The Morgan fingerprint density at radius 3 is 2.44 bits per heavy atom. The predicted molar refractivity (Wildman–Crippen MR) is 161 cm³/mol. The number of hydrogen-bond acceptors (Lipinski definition) is 6. The number of rotatable bonds is 10. The van der Waals surface area contributed by atoms with Crippen LogP contribution in [-0.2, 0) is 24.3 Å². The Morgan fingerprint density at radius 1 is 1.10 bits per heavy atom. The minimum absolute atomic E-state index is 0.0529. The zero-order chi connectivity index (χ0) is 29.4. The van der Waals surface area contributed by atoms with Crippen molar-refractivity contribution in [3.63, 3.8) is 0 Å². The quantitative estimate of drug-likeness (QED) is 0.259. The summed E-state index contributed by atoms with van der Waals surface area (Å²) >= 11 is 13.8. The molecular weight excluding hydrogens is 603 g/mol. The van der Waals surface area contributed by atoms with Gasteiger partial charge in [-0.2, -0.15) is 0 Å². The molecule has 3 aromatic rings. The smallest absolute Gasteiger partial charge is 0.306 e. The van der Waals surface area contributed by atoms with E-state index in [-0.39, 0.29) is 34.9 Å². The van der Waals surface area contributed by atoms with E-state index in [1.807, 2.05) is 35.2 Å². The molecule has 1 aliphatic heterocycles. The number of nitrogens with one attached hydrogen (secondary N) is 1. The molecule has 1 aliphatic carbocycles. The first-order chi connectivity index (χ1) is 19.5. The first kappa shape index (κ1) is 30.0. The van der Waals surface area contributed by atoms with Gasteiger partial charge in [0.2, 0.25) is 15.9 Å². The number of thiophene rings is 1. The minimum atomic E-state index is -3.76. The van der Waals surface area contributed by atoms with Gasteiger partial charge in [0.05, 0.1) is 25.0 Å². The molecule has 1 aromatic heterocycles. The number of methoxy groups -OCH3 is 1. The van der Waals surface area contributed by atoms with Gasteiger partial charge in [-0.05, 0) is 72.0 Å².